The van der Waals surface area contributed by atoms with Gasteiger partial charge in [0.15, 0.2) is 0 Å². The Morgan fingerprint density at radius 1 is 1.30 bits per heavy atom. The van der Waals surface area contributed by atoms with Crippen molar-refractivity contribution < 1.29 is 0 Å². The number of aryl methyl sites for hydroxylation is 1. The normalized spacial score (nSPS) is 12.2. The molecule has 3 aromatic rings. The number of aromatic nitrogens is 3. The molecule has 0 aliphatic carbocycles. The number of aromatic amines is 1. The molecule has 2 aromatic heterocycles. The van der Waals surface area contributed by atoms with Gasteiger partial charge in [-0.05, 0) is 31.0 Å². The maximum absolute atomic E-state index is 9.19. The Hall–Kier alpha value is -2.67. The van der Waals surface area contributed by atoms with Gasteiger partial charge in [-0.1, -0.05) is 31.9 Å². The number of benzene rings is 1. The van der Waals surface area contributed by atoms with E-state index in [0.717, 1.165) is 41.6 Å². The molecule has 1 aromatic carbocycles. The van der Waals surface area contributed by atoms with Crippen LogP contribution in [-0.2, 0) is 0 Å². The van der Waals surface area contributed by atoms with Crippen LogP contribution in [0.25, 0.3) is 10.9 Å². The Morgan fingerprint density at radius 2 is 2.17 bits per heavy atom. The van der Waals surface area contributed by atoms with E-state index in [1.165, 1.54) is 5.56 Å². The zero-order valence-corrected chi connectivity index (χ0v) is 13.5. The molecule has 3 rings (SSSR count). The van der Waals surface area contributed by atoms with Gasteiger partial charge in [0.1, 0.15) is 6.07 Å². The first-order valence-corrected chi connectivity index (χ1v) is 8.03. The van der Waals surface area contributed by atoms with E-state index in [-0.39, 0.29) is 5.92 Å². The van der Waals surface area contributed by atoms with Crippen LogP contribution >= 0.6 is 0 Å². The molecule has 0 amide bonds. The number of fused-ring (bicyclic) bond motifs is 1. The van der Waals surface area contributed by atoms with Gasteiger partial charge >= 0.3 is 0 Å². The van der Waals surface area contributed by atoms with Crippen molar-refractivity contribution in [2.45, 2.75) is 39.0 Å². The summed E-state index contributed by atoms with van der Waals surface area (Å²) in [6.45, 7) is 4.24. The second kappa shape index (κ2) is 6.62. The molecular weight excluding hydrogens is 284 g/mol. The van der Waals surface area contributed by atoms with E-state index in [2.05, 4.69) is 34.0 Å². The summed E-state index contributed by atoms with van der Waals surface area (Å²) in [5.41, 5.74) is 4.94. The summed E-state index contributed by atoms with van der Waals surface area (Å²) in [5, 5.41) is 10.2. The first-order chi connectivity index (χ1) is 11.2. The molecular formula is C19H20N4. The molecule has 116 valence electrons. The summed E-state index contributed by atoms with van der Waals surface area (Å²) in [7, 11) is 0. The van der Waals surface area contributed by atoms with Crippen LogP contribution in [-0.4, -0.2) is 15.0 Å². The number of nitrogens with one attached hydrogen (secondary N) is 1. The van der Waals surface area contributed by atoms with E-state index in [9.17, 15) is 5.26 Å². The monoisotopic (exact) mass is 304 g/mol. The number of nitrogens with zero attached hydrogens (tertiary/aromatic N) is 3. The second-order valence-electron chi connectivity index (χ2n) is 5.85. The van der Waals surface area contributed by atoms with Gasteiger partial charge < -0.3 is 4.98 Å². The lowest BCUT2D eigenvalue weighted by molar-refractivity contribution is 0.640. The fourth-order valence-electron chi connectivity index (χ4n) is 3.13. The number of imidazole rings is 1. The quantitative estimate of drug-likeness (QED) is 0.756. The predicted octanol–water partition coefficient (Wildman–Crippen LogP) is 4.46. The zero-order valence-electron chi connectivity index (χ0n) is 13.5. The van der Waals surface area contributed by atoms with Crippen molar-refractivity contribution in [1.82, 2.24) is 15.0 Å². The molecule has 1 atom stereocenters. The number of unbranched alkanes of at least 4 members (excludes halogenated alkanes) is 1. The molecule has 0 saturated heterocycles. The maximum Gasteiger partial charge on any atom is 0.101 e. The van der Waals surface area contributed by atoms with E-state index < -0.39 is 0 Å². The van der Waals surface area contributed by atoms with Crippen LogP contribution in [0.15, 0.2) is 36.8 Å². The Labute approximate surface area is 136 Å². The van der Waals surface area contributed by atoms with E-state index in [1.807, 2.05) is 25.1 Å². The molecule has 4 nitrogen and oxygen atoms in total. The Balaban J connectivity index is 2.17. The molecule has 0 saturated carbocycles. The molecule has 0 aliphatic rings. The fourth-order valence-corrected chi connectivity index (χ4v) is 3.13. The zero-order chi connectivity index (χ0) is 16.2. The molecule has 0 spiro atoms. The first kappa shape index (κ1) is 15.2. The number of nitriles is 1. The van der Waals surface area contributed by atoms with Crippen molar-refractivity contribution >= 4 is 10.9 Å². The van der Waals surface area contributed by atoms with Crippen LogP contribution in [0.2, 0.25) is 0 Å². The van der Waals surface area contributed by atoms with Crippen LogP contribution in [0.1, 0.15) is 54.6 Å². The van der Waals surface area contributed by atoms with Crippen molar-refractivity contribution in [1.29, 1.82) is 5.26 Å². The summed E-state index contributed by atoms with van der Waals surface area (Å²) >= 11 is 0. The van der Waals surface area contributed by atoms with E-state index in [0.29, 0.717) is 5.56 Å². The summed E-state index contributed by atoms with van der Waals surface area (Å²) in [6.07, 6.45) is 6.73. The highest BCUT2D eigenvalue weighted by Crippen LogP contribution is 2.34. The van der Waals surface area contributed by atoms with Gasteiger partial charge in [-0.2, -0.15) is 5.26 Å². The SMILES string of the molecule is CCCCC(c1[nH]cnc1C)c1cccc2ncc(C#N)cc12. The Bertz CT molecular complexity index is 857. The Morgan fingerprint density at radius 3 is 2.87 bits per heavy atom. The summed E-state index contributed by atoms with van der Waals surface area (Å²) in [5.74, 6) is 0.247. The molecule has 4 heteroatoms. The summed E-state index contributed by atoms with van der Waals surface area (Å²) in [6, 6.07) is 10.3. The van der Waals surface area contributed by atoms with E-state index >= 15 is 0 Å². The molecule has 0 aliphatic heterocycles. The van der Waals surface area contributed by atoms with Crippen LogP contribution in [0.3, 0.4) is 0 Å². The molecule has 0 bridgehead atoms. The second-order valence-corrected chi connectivity index (χ2v) is 5.85. The highest BCUT2D eigenvalue weighted by Gasteiger charge is 2.20. The van der Waals surface area contributed by atoms with Gasteiger partial charge in [0, 0.05) is 23.2 Å². The summed E-state index contributed by atoms with van der Waals surface area (Å²) in [4.78, 5) is 12.1. The third-order valence-corrected chi connectivity index (χ3v) is 4.33. The number of rotatable bonds is 5. The largest absolute Gasteiger partial charge is 0.348 e. The lowest BCUT2D eigenvalue weighted by atomic mass is 9.87. The van der Waals surface area contributed by atoms with Crippen molar-refractivity contribution in [2.75, 3.05) is 0 Å². The minimum atomic E-state index is 0.247. The van der Waals surface area contributed by atoms with Crippen LogP contribution in [0.5, 0.6) is 0 Å². The molecule has 0 fully saturated rings. The lowest BCUT2D eigenvalue weighted by Gasteiger charge is -2.19. The van der Waals surface area contributed by atoms with Crippen LogP contribution in [0.4, 0.5) is 0 Å². The smallest absolute Gasteiger partial charge is 0.101 e. The van der Waals surface area contributed by atoms with Gasteiger partial charge in [-0.25, -0.2) is 4.98 Å². The average Bonchev–Trinajstić information content (AvgIpc) is 3.01. The highest BCUT2D eigenvalue weighted by molar-refractivity contribution is 5.84. The van der Waals surface area contributed by atoms with Gasteiger partial charge in [0.2, 0.25) is 0 Å². The lowest BCUT2D eigenvalue weighted by Crippen LogP contribution is -2.05. The van der Waals surface area contributed by atoms with Crippen LogP contribution in [0, 0.1) is 18.3 Å². The van der Waals surface area contributed by atoms with E-state index in [1.54, 1.807) is 12.5 Å². The summed E-state index contributed by atoms with van der Waals surface area (Å²) < 4.78 is 0. The number of H-pyrrole nitrogens is 1. The molecule has 23 heavy (non-hydrogen) atoms. The Kier molecular flexibility index (Phi) is 4.38. The van der Waals surface area contributed by atoms with Crippen molar-refractivity contribution in [3.8, 4) is 6.07 Å². The van der Waals surface area contributed by atoms with Gasteiger partial charge in [-0.15, -0.1) is 0 Å². The van der Waals surface area contributed by atoms with Crippen LogP contribution < -0.4 is 0 Å². The van der Waals surface area contributed by atoms with Crippen molar-refractivity contribution in [3.05, 3.63) is 59.3 Å². The third-order valence-electron chi connectivity index (χ3n) is 4.33. The predicted molar refractivity (Wildman–Crippen MR) is 91.2 cm³/mol. The highest BCUT2D eigenvalue weighted by atomic mass is 14.9. The van der Waals surface area contributed by atoms with Gasteiger partial charge in [-0.3, -0.25) is 4.98 Å². The number of pyridine rings is 1. The third kappa shape index (κ3) is 2.95. The minimum absolute atomic E-state index is 0.247. The fraction of sp³-hybridized carbons (Fsp3) is 0.316. The molecule has 2 heterocycles. The standard InChI is InChI=1S/C19H20N4/c1-3-4-6-16(19-13(2)22-12-23-19)15-7-5-8-18-17(15)9-14(10-20)11-21-18/h5,7-9,11-12,16H,3-4,6H2,1-2H3,(H,22,23). The first-order valence-electron chi connectivity index (χ1n) is 8.03. The average molecular weight is 304 g/mol. The molecule has 1 unspecified atom stereocenters. The molecule has 0 radical (unpaired) electrons. The van der Waals surface area contributed by atoms with Gasteiger partial charge in [0.05, 0.1) is 23.1 Å². The van der Waals surface area contributed by atoms with Crippen molar-refractivity contribution in [3.63, 3.8) is 0 Å². The number of hydrogen-bond acceptors (Lipinski definition) is 3. The van der Waals surface area contributed by atoms with Crippen molar-refractivity contribution in [2.24, 2.45) is 0 Å². The maximum atomic E-state index is 9.19. The van der Waals surface area contributed by atoms with E-state index in [4.69, 9.17) is 0 Å². The number of hydrogen-bond donors (Lipinski definition) is 1. The topological polar surface area (TPSA) is 65.4 Å². The molecule has 1 N–H and O–H groups in total. The van der Waals surface area contributed by atoms with Gasteiger partial charge in [0.25, 0.3) is 0 Å². The minimum Gasteiger partial charge on any atom is -0.348 e.